The Morgan fingerprint density at radius 1 is 1.35 bits per heavy atom. The molecule has 0 unspecified atom stereocenters. The van der Waals surface area contributed by atoms with Gasteiger partial charge in [-0.3, -0.25) is 5.10 Å². The highest BCUT2D eigenvalue weighted by Crippen LogP contribution is 2.41. The Hall–Kier alpha value is -1.27. The maximum Gasteiger partial charge on any atom is 0.246 e. The number of piperidine rings is 1. The van der Waals surface area contributed by atoms with Crippen LogP contribution in [0.25, 0.3) is 0 Å². The number of aromatic nitrogens is 2. The van der Waals surface area contributed by atoms with Gasteiger partial charge in [-0.25, -0.2) is 8.42 Å². The van der Waals surface area contributed by atoms with Gasteiger partial charge in [0.05, 0.1) is 22.3 Å². The molecule has 0 amide bonds. The molecular formula is C22H30Cl2N4O4S2. The third-order valence-corrected chi connectivity index (χ3v) is 9.78. The van der Waals surface area contributed by atoms with Crippen molar-refractivity contribution in [3.8, 4) is 5.75 Å². The minimum atomic E-state index is -3.63. The van der Waals surface area contributed by atoms with Gasteiger partial charge in [0.25, 0.3) is 0 Å². The molecule has 1 aliphatic heterocycles. The Morgan fingerprint density at radius 2 is 2.00 bits per heavy atom. The average Bonchev–Trinajstić information content (AvgIpc) is 3.33. The van der Waals surface area contributed by atoms with E-state index in [1.54, 1.807) is 18.2 Å². The minimum absolute atomic E-state index is 0.0228. The molecular weight excluding hydrogens is 519 g/mol. The molecule has 8 nitrogen and oxygen atoms in total. The fourth-order valence-corrected chi connectivity index (χ4v) is 6.35. The topological polar surface area (TPSA) is 110 Å². The van der Waals surface area contributed by atoms with Crippen molar-refractivity contribution in [2.75, 3.05) is 19.7 Å². The van der Waals surface area contributed by atoms with Gasteiger partial charge in [-0.05, 0) is 45.6 Å². The van der Waals surface area contributed by atoms with E-state index in [0.29, 0.717) is 41.7 Å². The number of hydrogen-bond donors (Lipinski definition) is 2. The first-order chi connectivity index (χ1) is 15.9. The standard InChI is InChI=1S/C22H30Cl2N4O4S2/c1-5-10-32-20-12-19(24)18(23)11-17(20)21(27-33(29)22(2,3)4)15-6-8-28(9-7-15)34(30,31)16-13-25-26-14-16/h5,11-15,21,27H,1,6-10H2,2-4H3,(H,25,26)/t21-,33+/m1/s1. The molecule has 2 heterocycles. The van der Waals surface area contributed by atoms with Crippen molar-refractivity contribution in [3.63, 3.8) is 0 Å². The monoisotopic (exact) mass is 548 g/mol. The van der Waals surface area contributed by atoms with Crippen LogP contribution in [0.5, 0.6) is 5.75 Å². The number of hydrogen-bond acceptors (Lipinski definition) is 6. The molecule has 34 heavy (non-hydrogen) atoms. The third kappa shape index (κ3) is 6.29. The summed E-state index contributed by atoms with van der Waals surface area (Å²) in [6, 6.07) is 2.98. The second-order valence-corrected chi connectivity index (χ2v) is 13.8. The zero-order valence-corrected chi connectivity index (χ0v) is 22.5. The molecule has 188 valence electrons. The van der Waals surface area contributed by atoms with E-state index in [0.717, 1.165) is 5.56 Å². The van der Waals surface area contributed by atoms with Crippen LogP contribution >= 0.6 is 23.2 Å². The molecule has 0 aliphatic carbocycles. The van der Waals surface area contributed by atoms with Crippen molar-refractivity contribution >= 4 is 44.6 Å². The van der Waals surface area contributed by atoms with Crippen LogP contribution in [0.3, 0.4) is 0 Å². The van der Waals surface area contributed by atoms with Crippen molar-refractivity contribution in [1.29, 1.82) is 0 Å². The Morgan fingerprint density at radius 3 is 2.56 bits per heavy atom. The van der Waals surface area contributed by atoms with Gasteiger partial charge in [0, 0.05) is 42.3 Å². The SMILES string of the molecule is C=CCOc1cc(Cl)c(Cl)cc1[C@H](N[S@@+]([O-])C(C)(C)C)C1CCN(S(=O)(=O)c2cn[nH]c2)CC1. The normalized spacial score (nSPS) is 17.9. The van der Waals surface area contributed by atoms with Crippen LogP contribution in [0.1, 0.15) is 45.2 Å². The Bertz CT molecular complexity index is 1080. The predicted molar refractivity (Wildman–Crippen MR) is 136 cm³/mol. The summed E-state index contributed by atoms with van der Waals surface area (Å²) in [5.74, 6) is 0.497. The van der Waals surface area contributed by atoms with Crippen LogP contribution in [0, 0.1) is 5.92 Å². The molecule has 12 heteroatoms. The minimum Gasteiger partial charge on any atom is -0.598 e. The molecule has 1 saturated heterocycles. The van der Waals surface area contributed by atoms with Gasteiger partial charge in [-0.1, -0.05) is 35.9 Å². The summed E-state index contributed by atoms with van der Waals surface area (Å²) >= 11 is 11.2. The van der Waals surface area contributed by atoms with Gasteiger partial charge < -0.3 is 9.29 Å². The molecule has 0 saturated carbocycles. The van der Waals surface area contributed by atoms with E-state index in [1.165, 1.54) is 16.7 Å². The van der Waals surface area contributed by atoms with E-state index in [4.69, 9.17) is 27.9 Å². The smallest absolute Gasteiger partial charge is 0.246 e. The fraction of sp³-hybridized carbons (Fsp3) is 0.500. The zero-order chi connectivity index (χ0) is 25.1. The van der Waals surface area contributed by atoms with Gasteiger partial charge in [0.15, 0.2) is 0 Å². The van der Waals surface area contributed by atoms with E-state index < -0.39 is 32.2 Å². The molecule has 2 N–H and O–H groups in total. The summed E-state index contributed by atoms with van der Waals surface area (Å²) in [5.41, 5.74) is 0.727. The number of H-pyrrole nitrogens is 1. The van der Waals surface area contributed by atoms with E-state index in [9.17, 15) is 13.0 Å². The number of sulfonamides is 1. The first kappa shape index (κ1) is 27.3. The largest absolute Gasteiger partial charge is 0.598 e. The summed E-state index contributed by atoms with van der Waals surface area (Å²) < 4.78 is 49.0. The summed E-state index contributed by atoms with van der Waals surface area (Å²) in [7, 11) is -3.63. The number of nitrogens with one attached hydrogen (secondary N) is 2. The molecule has 0 spiro atoms. The number of halogens is 2. The van der Waals surface area contributed by atoms with Gasteiger partial charge >= 0.3 is 0 Å². The van der Waals surface area contributed by atoms with Gasteiger partial charge in [0.1, 0.15) is 22.0 Å². The molecule has 1 aliphatic rings. The first-order valence-electron chi connectivity index (χ1n) is 10.8. The van der Waals surface area contributed by atoms with E-state index >= 15 is 0 Å². The zero-order valence-electron chi connectivity index (χ0n) is 19.4. The van der Waals surface area contributed by atoms with Crippen LogP contribution in [-0.2, 0) is 21.4 Å². The highest BCUT2D eigenvalue weighted by Gasteiger charge is 2.39. The lowest BCUT2D eigenvalue weighted by molar-refractivity contribution is 0.233. The Balaban J connectivity index is 1.91. The summed E-state index contributed by atoms with van der Waals surface area (Å²) in [5, 5.41) is 7.01. The number of benzene rings is 1. The third-order valence-electron chi connectivity index (χ3n) is 5.62. The second-order valence-electron chi connectivity index (χ2n) is 9.06. The summed E-state index contributed by atoms with van der Waals surface area (Å²) in [6.07, 6.45) is 5.41. The highest BCUT2D eigenvalue weighted by molar-refractivity contribution is 7.90. The van der Waals surface area contributed by atoms with Crippen molar-refractivity contribution in [3.05, 3.63) is 52.8 Å². The molecule has 0 radical (unpaired) electrons. The molecule has 2 aromatic rings. The maximum atomic E-state index is 13.1. The van der Waals surface area contributed by atoms with Crippen molar-refractivity contribution in [1.82, 2.24) is 19.2 Å². The summed E-state index contributed by atoms with van der Waals surface area (Å²) in [6.45, 7) is 10.3. The first-order valence-corrected chi connectivity index (χ1v) is 14.2. The number of nitrogens with zero attached hydrogens (tertiary/aromatic N) is 2. The highest BCUT2D eigenvalue weighted by atomic mass is 35.5. The molecule has 0 bridgehead atoms. The number of aromatic amines is 1. The van der Waals surface area contributed by atoms with E-state index in [1.807, 2.05) is 20.8 Å². The molecule has 1 aromatic heterocycles. The van der Waals surface area contributed by atoms with Crippen LogP contribution < -0.4 is 9.46 Å². The lowest BCUT2D eigenvalue weighted by Crippen LogP contribution is -2.46. The van der Waals surface area contributed by atoms with Gasteiger partial charge in [0.2, 0.25) is 10.0 Å². The van der Waals surface area contributed by atoms with Crippen LogP contribution in [0.15, 0.2) is 42.1 Å². The van der Waals surface area contributed by atoms with Gasteiger partial charge in [-0.15, -0.1) is 4.72 Å². The molecule has 1 aromatic carbocycles. The van der Waals surface area contributed by atoms with Crippen LogP contribution in [0.4, 0.5) is 0 Å². The van der Waals surface area contributed by atoms with Crippen molar-refractivity contribution in [2.45, 2.75) is 49.3 Å². The van der Waals surface area contributed by atoms with Crippen molar-refractivity contribution in [2.24, 2.45) is 5.92 Å². The molecule has 3 rings (SSSR count). The lowest BCUT2D eigenvalue weighted by atomic mass is 9.86. The average molecular weight is 550 g/mol. The van der Waals surface area contributed by atoms with E-state index in [-0.39, 0.29) is 17.4 Å². The predicted octanol–water partition coefficient (Wildman–Crippen LogP) is 4.48. The van der Waals surface area contributed by atoms with Gasteiger partial charge in [-0.2, -0.15) is 9.40 Å². The molecule has 2 atom stereocenters. The van der Waals surface area contributed by atoms with E-state index in [2.05, 4.69) is 21.5 Å². The quantitative estimate of drug-likeness (QED) is 0.353. The van der Waals surface area contributed by atoms with Crippen LogP contribution in [-0.4, -0.2) is 51.9 Å². The maximum absolute atomic E-state index is 13.1. The summed E-state index contributed by atoms with van der Waals surface area (Å²) in [4.78, 5) is 0.138. The Labute approximate surface area is 214 Å². The number of ether oxygens (including phenoxy) is 1. The number of rotatable bonds is 9. The lowest BCUT2D eigenvalue weighted by Gasteiger charge is -2.37. The van der Waals surface area contributed by atoms with Crippen LogP contribution in [0.2, 0.25) is 10.0 Å². The van der Waals surface area contributed by atoms with Crippen molar-refractivity contribution < 1.29 is 17.7 Å². The second kappa shape index (κ2) is 11.2. The fourth-order valence-electron chi connectivity index (χ4n) is 3.75. The Kier molecular flexibility index (Phi) is 9.00. The molecule has 1 fully saturated rings.